The molecule has 0 aliphatic rings. The summed E-state index contributed by atoms with van der Waals surface area (Å²) in [4.78, 5) is 36.3. The van der Waals surface area contributed by atoms with E-state index in [9.17, 15) is 14.0 Å². The van der Waals surface area contributed by atoms with E-state index in [0.29, 0.717) is 45.7 Å². The van der Waals surface area contributed by atoms with E-state index < -0.39 is 5.82 Å². The number of aromatic nitrogens is 3. The Kier molecular flexibility index (Phi) is 7.42. The topological polar surface area (TPSA) is 99.8 Å². The lowest BCUT2D eigenvalue weighted by molar-refractivity contribution is 0.0940. The van der Waals surface area contributed by atoms with Crippen LogP contribution in [0.5, 0.6) is 0 Å². The molecule has 0 atom stereocenters. The number of H-pyrrole nitrogens is 1. The lowest BCUT2D eigenvalue weighted by Crippen LogP contribution is -2.23. The zero-order valence-corrected chi connectivity index (χ0v) is 20.9. The fourth-order valence-electron chi connectivity index (χ4n) is 4.04. The van der Waals surface area contributed by atoms with Crippen LogP contribution in [-0.4, -0.2) is 26.8 Å². The van der Waals surface area contributed by atoms with E-state index in [1.54, 1.807) is 55.0 Å². The molecule has 2 amide bonds. The van der Waals surface area contributed by atoms with Crippen molar-refractivity contribution >= 4 is 34.3 Å². The highest BCUT2D eigenvalue weighted by Crippen LogP contribution is 2.25. The van der Waals surface area contributed by atoms with Gasteiger partial charge in [0.05, 0.1) is 5.02 Å². The summed E-state index contributed by atoms with van der Waals surface area (Å²) in [5.41, 5.74) is 4.43. The van der Waals surface area contributed by atoms with Gasteiger partial charge < -0.3 is 15.6 Å². The lowest BCUT2D eigenvalue weighted by atomic mass is 10.1. The van der Waals surface area contributed by atoms with E-state index in [2.05, 4.69) is 25.6 Å². The van der Waals surface area contributed by atoms with Crippen molar-refractivity contribution in [3.05, 3.63) is 130 Å². The maximum absolute atomic E-state index is 14.4. The molecule has 2 aromatic carbocycles. The number of fused-ring (bicyclic) bond motifs is 1. The van der Waals surface area contributed by atoms with Gasteiger partial charge in [-0.1, -0.05) is 41.9 Å². The third kappa shape index (κ3) is 5.87. The number of rotatable bonds is 8. The molecule has 0 radical (unpaired) electrons. The smallest absolute Gasteiger partial charge is 0.270 e. The summed E-state index contributed by atoms with van der Waals surface area (Å²) in [5, 5.41) is 6.81. The Morgan fingerprint density at radius 2 is 1.66 bits per heavy atom. The third-order valence-corrected chi connectivity index (χ3v) is 6.39. The molecule has 0 saturated carbocycles. The molecular weight excluding hydrogens is 505 g/mol. The van der Waals surface area contributed by atoms with Crippen LogP contribution in [-0.2, 0) is 19.5 Å². The molecule has 3 aromatic heterocycles. The van der Waals surface area contributed by atoms with Crippen molar-refractivity contribution in [2.75, 3.05) is 0 Å². The first-order valence-electron chi connectivity index (χ1n) is 11.9. The summed E-state index contributed by atoms with van der Waals surface area (Å²) < 4.78 is 14.4. The number of benzene rings is 2. The Morgan fingerprint density at radius 1 is 0.868 bits per heavy atom. The molecule has 5 aromatic rings. The number of carbonyl (C=O) groups is 2. The second-order valence-corrected chi connectivity index (χ2v) is 9.14. The van der Waals surface area contributed by atoms with Gasteiger partial charge in [-0.05, 0) is 47.5 Å². The van der Waals surface area contributed by atoms with Crippen molar-refractivity contribution in [1.82, 2.24) is 25.6 Å². The molecule has 0 aliphatic heterocycles. The normalized spacial score (nSPS) is 10.9. The van der Waals surface area contributed by atoms with Gasteiger partial charge in [0.25, 0.3) is 11.8 Å². The average Bonchev–Trinajstić information content (AvgIpc) is 3.30. The largest absolute Gasteiger partial charge is 0.360 e. The van der Waals surface area contributed by atoms with E-state index in [0.717, 1.165) is 16.8 Å². The number of aromatic amines is 1. The molecule has 3 N–H and O–H groups in total. The predicted molar refractivity (Wildman–Crippen MR) is 143 cm³/mol. The van der Waals surface area contributed by atoms with Crippen molar-refractivity contribution in [3.8, 4) is 0 Å². The number of hydrogen-bond donors (Lipinski definition) is 3. The zero-order chi connectivity index (χ0) is 26.5. The summed E-state index contributed by atoms with van der Waals surface area (Å²) >= 11 is 6.13. The second-order valence-electron chi connectivity index (χ2n) is 8.74. The molecule has 0 unspecified atom stereocenters. The highest BCUT2D eigenvalue weighted by atomic mass is 35.5. The lowest BCUT2D eigenvalue weighted by Gasteiger charge is -2.09. The van der Waals surface area contributed by atoms with Crippen LogP contribution in [0.2, 0.25) is 5.02 Å². The van der Waals surface area contributed by atoms with Gasteiger partial charge in [-0.15, -0.1) is 0 Å². The van der Waals surface area contributed by atoms with Gasteiger partial charge in [0, 0.05) is 65.8 Å². The summed E-state index contributed by atoms with van der Waals surface area (Å²) in [5.74, 6) is -0.982. The minimum atomic E-state index is -0.425. The van der Waals surface area contributed by atoms with E-state index >= 15 is 0 Å². The molecular formula is C29H23ClFN5O2. The van der Waals surface area contributed by atoms with Crippen LogP contribution in [0.3, 0.4) is 0 Å². The van der Waals surface area contributed by atoms with Crippen molar-refractivity contribution in [2.24, 2.45) is 0 Å². The van der Waals surface area contributed by atoms with Crippen LogP contribution in [0.25, 0.3) is 10.9 Å². The number of halogens is 2. The first-order chi connectivity index (χ1) is 18.5. The molecule has 9 heteroatoms. The summed E-state index contributed by atoms with van der Waals surface area (Å²) in [6, 6.07) is 19.3. The Morgan fingerprint density at radius 3 is 2.45 bits per heavy atom. The van der Waals surface area contributed by atoms with Crippen molar-refractivity contribution in [3.63, 3.8) is 0 Å². The SMILES string of the molecule is O=C(NCc1cc2c(Cl)c[nH]c2cc1F)c1ccnc(Cc2ccc(CNC(=O)c3ccccn3)cc2)c1. The van der Waals surface area contributed by atoms with Crippen molar-refractivity contribution in [1.29, 1.82) is 0 Å². The second kappa shape index (κ2) is 11.2. The van der Waals surface area contributed by atoms with Crippen LogP contribution in [0.15, 0.2) is 85.3 Å². The number of amides is 2. The molecule has 38 heavy (non-hydrogen) atoms. The molecule has 0 saturated heterocycles. The molecule has 7 nitrogen and oxygen atoms in total. The fourth-order valence-corrected chi connectivity index (χ4v) is 4.25. The van der Waals surface area contributed by atoms with E-state index in [4.69, 9.17) is 11.6 Å². The predicted octanol–water partition coefficient (Wildman–Crippen LogP) is 5.20. The van der Waals surface area contributed by atoms with Crippen LogP contribution in [0, 0.1) is 5.82 Å². The number of hydrogen-bond acceptors (Lipinski definition) is 4. The van der Waals surface area contributed by atoms with E-state index in [1.165, 1.54) is 6.07 Å². The number of carbonyl (C=O) groups excluding carboxylic acids is 2. The summed E-state index contributed by atoms with van der Waals surface area (Å²) in [6.07, 6.45) is 5.29. The van der Waals surface area contributed by atoms with E-state index in [-0.39, 0.29) is 18.4 Å². The standard InChI is InChI=1S/C29H23ClFN5O2/c30-24-17-34-27-14-25(31)21(13-23(24)27)16-36-28(37)20-8-10-32-22(12-20)11-18-4-6-19(7-5-18)15-35-29(38)26-3-1-2-9-33-26/h1-10,12-14,17,34H,11,15-16H2,(H,35,38)(H,36,37). The van der Waals surface area contributed by atoms with Gasteiger partial charge >= 0.3 is 0 Å². The monoisotopic (exact) mass is 527 g/mol. The van der Waals surface area contributed by atoms with Crippen LogP contribution >= 0.6 is 11.6 Å². The highest BCUT2D eigenvalue weighted by molar-refractivity contribution is 6.35. The Bertz CT molecular complexity index is 1600. The average molecular weight is 528 g/mol. The molecule has 3 heterocycles. The Labute approximate surface area is 223 Å². The number of nitrogens with one attached hydrogen (secondary N) is 3. The molecule has 0 aliphatic carbocycles. The Balaban J connectivity index is 1.18. The van der Waals surface area contributed by atoms with Gasteiger partial charge in [0.2, 0.25) is 0 Å². The van der Waals surface area contributed by atoms with Crippen LogP contribution < -0.4 is 10.6 Å². The van der Waals surface area contributed by atoms with Crippen molar-refractivity contribution in [2.45, 2.75) is 19.5 Å². The van der Waals surface area contributed by atoms with Gasteiger partial charge in [-0.2, -0.15) is 0 Å². The third-order valence-electron chi connectivity index (χ3n) is 6.08. The first kappa shape index (κ1) is 25.1. The number of pyridine rings is 2. The van der Waals surface area contributed by atoms with Crippen molar-refractivity contribution < 1.29 is 14.0 Å². The zero-order valence-electron chi connectivity index (χ0n) is 20.2. The Hall–Kier alpha value is -4.56. The van der Waals surface area contributed by atoms with E-state index in [1.807, 2.05) is 24.3 Å². The molecule has 0 spiro atoms. The molecule has 5 rings (SSSR count). The van der Waals surface area contributed by atoms with Gasteiger partial charge in [0.1, 0.15) is 11.5 Å². The maximum atomic E-state index is 14.4. The molecule has 0 bridgehead atoms. The maximum Gasteiger partial charge on any atom is 0.270 e. The first-order valence-corrected chi connectivity index (χ1v) is 12.3. The van der Waals surface area contributed by atoms with Crippen LogP contribution in [0.1, 0.15) is 43.2 Å². The summed E-state index contributed by atoms with van der Waals surface area (Å²) in [7, 11) is 0. The highest BCUT2D eigenvalue weighted by Gasteiger charge is 2.12. The minimum absolute atomic E-state index is 0.0259. The van der Waals surface area contributed by atoms with Gasteiger partial charge in [-0.3, -0.25) is 19.6 Å². The number of nitrogens with zero attached hydrogens (tertiary/aromatic N) is 2. The quantitative estimate of drug-likeness (QED) is 0.258. The summed E-state index contributed by atoms with van der Waals surface area (Å²) in [6.45, 7) is 0.408. The van der Waals surface area contributed by atoms with Gasteiger partial charge in [-0.25, -0.2) is 4.39 Å². The fraction of sp³-hybridized carbons (Fsp3) is 0.103. The molecule has 0 fully saturated rings. The van der Waals surface area contributed by atoms with Crippen LogP contribution in [0.4, 0.5) is 4.39 Å². The van der Waals surface area contributed by atoms with Gasteiger partial charge in [0.15, 0.2) is 0 Å². The minimum Gasteiger partial charge on any atom is -0.360 e. The molecule has 190 valence electrons.